The number of benzene rings is 2. The average molecular weight is 481 g/mol. The Balaban J connectivity index is 1.61. The van der Waals surface area contributed by atoms with E-state index in [4.69, 9.17) is 26.1 Å². The van der Waals surface area contributed by atoms with E-state index in [0.717, 1.165) is 22.4 Å². The van der Waals surface area contributed by atoms with Gasteiger partial charge in [0.15, 0.2) is 0 Å². The van der Waals surface area contributed by atoms with Crippen molar-refractivity contribution in [3.8, 4) is 11.4 Å². The molecule has 10 heteroatoms. The second-order valence-electron chi connectivity index (χ2n) is 8.34. The van der Waals surface area contributed by atoms with Gasteiger partial charge < -0.3 is 18.9 Å². The van der Waals surface area contributed by atoms with Crippen molar-refractivity contribution in [3.05, 3.63) is 64.7 Å². The van der Waals surface area contributed by atoms with Crippen molar-refractivity contribution in [1.29, 1.82) is 0 Å². The van der Waals surface area contributed by atoms with Gasteiger partial charge in [0.05, 0.1) is 53.9 Å². The number of halogens is 1. The number of aryl methyl sites for hydroxylation is 2. The summed E-state index contributed by atoms with van der Waals surface area (Å²) in [4.78, 5) is 22.2. The standard InChI is InChI=1S/C24H25ClN6O3/c1-14-18(25)6-8-20-22(14)28-23(29(20)2)21-12-16(34-4)13-30(21)24(32)17-11-15(33-3)5-7-19(17)31-26-9-10-27-31/h5-11,16,21H,12-13H2,1-4H3/t16-,21+/m1/s1. The van der Waals surface area contributed by atoms with Crippen LogP contribution in [0, 0.1) is 6.92 Å². The molecule has 2 aromatic heterocycles. The van der Waals surface area contributed by atoms with Crippen molar-refractivity contribution in [3.63, 3.8) is 0 Å². The van der Waals surface area contributed by atoms with E-state index in [0.29, 0.717) is 35.0 Å². The van der Waals surface area contributed by atoms with E-state index in [-0.39, 0.29) is 18.1 Å². The first kappa shape index (κ1) is 22.4. The Hall–Kier alpha value is -3.43. The predicted molar refractivity (Wildman–Crippen MR) is 128 cm³/mol. The number of hydrogen-bond acceptors (Lipinski definition) is 6. The lowest BCUT2D eigenvalue weighted by molar-refractivity contribution is 0.0682. The van der Waals surface area contributed by atoms with Crippen molar-refractivity contribution in [2.45, 2.75) is 25.5 Å². The SMILES string of the molecule is COc1ccc(-n2nccn2)c(C(=O)N2C[C@H](OC)C[C@H]2c2nc3c(C)c(Cl)ccc3n2C)c1. The Labute approximate surface area is 201 Å². The number of hydrogen-bond donors (Lipinski definition) is 0. The van der Waals surface area contributed by atoms with E-state index in [9.17, 15) is 4.79 Å². The first-order valence-corrected chi connectivity index (χ1v) is 11.3. The molecule has 4 aromatic rings. The van der Waals surface area contributed by atoms with Crippen molar-refractivity contribution in [2.24, 2.45) is 7.05 Å². The van der Waals surface area contributed by atoms with E-state index in [1.165, 1.54) is 4.80 Å². The third-order valence-corrected chi connectivity index (χ3v) is 6.91. The van der Waals surface area contributed by atoms with Crippen molar-refractivity contribution in [2.75, 3.05) is 20.8 Å². The fourth-order valence-corrected chi connectivity index (χ4v) is 4.76. The summed E-state index contributed by atoms with van der Waals surface area (Å²) in [6.45, 7) is 2.39. The van der Waals surface area contributed by atoms with Crippen LogP contribution in [0.4, 0.5) is 0 Å². The van der Waals surface area contributed by atoms with Gasteiger partial charge in [-0.25, -0.2) is 4.98 Å². The number of nitrogens with zero attached hydrogens (tertiary/aromatic N) is 6. The molecule has 0 aliphatic carbocycles. The third-order valence-electron chi connectivity index (χ3n) is 6.50. The largest absolute Gasteiger partial charge is 0.497 e. The lowest BCUT2D eigenvalue weighted by Gasteiger charge is -2.25. The Bertz CT molecular complexity index is 1370. The van der Waals surface area contributed by atoms with Gasteiger partial charge in [0.2, 0.25) is 0 Å². The molecule has 176 valence electrons. The van der Waals surface area contributed by atoms with Gasteiger partial charge in [-0.1, -0.05) is 11.6 Å². The highest BCUT2D eigenvalue weighted by Gasteiger charge is 2.40. The van der Waals surface area contributed by atoms with Gasteiger partial charge in [-0.15, -0.1) is 0 Å². The minimum Gasteiger partial charge on any atom is -0.497 e. The Morgan fingerprint density at radius 2 is 1.91 bits per heavy atom. The maximum atomic E-state index is 14.0. The quantitative estimate of drug-likeness (QED) is 0.432. The normalized spacial score (nSPS) is 18.1. The fraction of sp³-hybridized carbons (Fsp3) is 0.333. The van der Waals surface area contributed by atoms with E-state index >= 15 is 0 Å². The maximum Gasteiger partial charge on any atom is 0.256 e. The average Bonchev–Trinajstić information content (AvgIpc) is 3.60. The molecule has 0 radical (unpaired) electrons. The van der Waals surface area contributed by atoms with Crippen LogP contribution in [0.15, 0.2) is 42.7 Å². The number of imidazole rings is 1. The zero-order valence-electron chi connectivity index (χ0n) is 19.4. The fourth-order valence-electron chi connectivity index (χ4n) is 4.60. The zero-order valence-corrected chi connectivity index (χ0v) is 20.2. The van der Waals surface area contributed by atoms with E-state index < -0.39 is 0 Å². The molecular weight excluding hydrogens is 456 g/mol. The highest BCUT2D eigenvalue weighted by atomic mass is 35.5. The van der Waals surface area contributed by atoms with E-state index in [2.05, 4.69) is 10.2 Å². The number of fused-ring (bicyclic) bond motifs is 1. The molecule has 0 unspecified atom stereocenters. The molecule has 1 fully saturated rings. The summed E-state index contributed by atoms with van der Waals surface area (Å²) in [5.74, 6) is 1.19. The second kappa shape index (κ2) is 8.73. The van der Waals surface area contributed by atoms with Crippen LogP contribution < -0.4 is 4.74 Å². The lowest BCUT2D eigenvalue weighted by Crippen LogP contribution is -2.33. The molecule has 1 aliphatic rings. The van der Waals surface area contributed by atoms with Crippen LogP contribution in [0.2, 0.25) is 5.02 Å². The molecule has 0 saturated carbocycles. The number of rotatable bonds is 5. The van der Waals surface area contributed by atoms with E-state index in [1.807, 2.05) is 35.6 Å². The molecule has 1 amide bonds. The van der Waals surface area contributed by atoms with Gasteiger partial charge in [0.25, 0.3) is 5.91 Å². The van der Waals surface area contributed by atoms with Gasteiger partial charge in [0.1, 0.15) is 11.6 Å². The van der Waals surface area contributed by atoms with Crippen molar-refractivity contribution in [1.82, 2.24) is 29.4 Å². The van der Waals surface area contributed by atoms with Gasteiger partial charge in [-0.3, -0.25) is 4.79 Å². The first-order valence-electron chi connectivity index (χ1n) is 10.9. The molecule has 0 bridgehead atoms. The van der Waals surface area contributed by atoms with Crippen LogP contribution in [0.5, 0.6) is 5.75 Å². The zero-order chi connectivity index (χ0) is 24.0. The van der Waals surface area contributed by atoms with Crippen LogP contribution in [0.3, 0.4) is 0 Å². The molecule has 2 atom stereocenters. The lowest BCUT2D eigenvalue weighted by atomic mass is 10.1. The number of carbonyl (C=O) groups excluding carboxylic acids is 1. The maximum absolute atomic E-state index is 14.0. The van der Waals surface area contributed by atoms with Crippen LogP contribution in [-0.4, -0.2) is 62.2 Å². The van der Waals surface area contributed by atoms with Crippen LogP contribution in [-0.2, 0) is 11.8 Å². The predicted octanol–water partition coefficient (Wildman–Crippen LogP) is 3.73. The molecule has 3 heterocycles. The Morgan fingerprint density at radius 1 is 1.15 bits per heavy atom. The monoisotopic (exact) mass is 480 g/mol. The highest BCUT2D eigenvalue weighted by molar-refractivity contribution is 6.32. The molecule has 1 aliphatic heterocycles. The molecule has 34 heavy (non-hydrogen) atoms. The number of amides is 1. The topological polar surface area (TPSA) is 87.3 Å². The van der Waals surface area contributed by atoms with Gasteiger partial charge >= 0.3 is 0 Å². The van der Waals surface area contributed by atoms with Gasteiger partial charge in [-0.05, 0) is 42.8 Å². The number of carbonyl (C=O) groups is 1. The van der Waals surface area contributed by atoms with Crippen LogP contribution in [0.25, 0.3) is 16.7 Å². The van der Waals surface area contributed by atoms with Crippen molar-refractivity contribution >= 4 is 28.5 Å². The summed E-state index contributed by atoms with van der Waals surface area (Å²) < 4.78 is 13.1. The molecule has 1 saturated heterocycles. The second-order valence-corrected chi connectivity index (χ2v) is 8.74. The molecule has 0 spiro atoms. The smallest absolute Gasteiger partial charge is 0.256 e. The minimum atomic E-state index is -0.280. The number of aromatic nitrogens is 5. The molecule has 0 N–H and O–H groups in total. The minimum absolute atomic E-state index is 0.115. The van der Waals surface area contributed by atoms with Gasteiger partial charge in [0, 0.05) is 32.1 Å². The summed E-state index contributed by atoms with van der Waals surface area (Å²) in [5.41, 5.74) is 3.73. The molecule has 2 aromatic carbocycles. The summed E-state index contributed by atoms with van der Waals surface area (Å²) in [7, 11) is 5.20. The first-order chi connectivity index (χ1) is 16.4. The summed E-state index contributed by atoms with van der Waals surface area (Å²) in [5, 5.41) is 9.11. The van der Waals surface area contributed by atoms with E-state index in [1.54, 1.807) is 44.8 Å². The van der Waals surface area contributed by atoms with Crippen LogP contribution >= 0.6 is 11.6 Å². The third kappa shape index (κ3) is 3.61. The summed E-state index contributed by atoms with van der Waals surface area (Å²) >= 11 is 6.35. The molecule has 5 rings (SSSR count). The molecular formula is C24H25ClN6O3. The van der Waals surface area contributed by atoms with Gasteiger partial charge in [-0.2, -0.15) is 15.0 Å². The number of methoxy groups -OCH3 is 2. The highest BCUT2D eigenvalue weighted by Crippen LogP contribution is 2.37. The Kier molecular flexibility index (Phi) is 5.75. The van der Waals surface area contributed by atoms with Crippen molar-refractivity contribution < 1.29 is 14.3 Å². The van der Waals surface area contributed by atoms with Crippen LogP contribution in [0.1, 0.15) is 34.2 Å². The number of ether oxygens (including phenoxy) is 2. The number of likely N-dealkylation sites (tertiary alicyclic amines) is 1. The summed E-state index contributed by atoms with van der Waals surface area (Å²) in [6, 6.07) is 8.84. The summed E-state index contributed by atoms with van der Waals surface area (Å²) in [6.07, 6.45) is 3.66. The Morgan fingerprint density at radius 3 is 2.62 bits per heavy atom. The molecule has 9 nitrogen and oxygen atoms in total.